The van der Waals surface area contributed by atoms with Gasteiger partial charge in [0.05, 0.1) is 5.56 Å². The van der Waals surface area contributed by atoms with Crippen molar-refractivity contribution in [2.24, 2.45) is 0 Å². The van der Waals surface area contributed by atoms with Crippen LogP contribution in [0.4, 0.5) is 0 Å². The van der Waals surface area contributed by atoms with Gasteiger partial charge in [0, 0.05) is 28.6 Å². The molecule has 0 radical (unpaired) electrons. The number of carbonyl (C=O) groups is 1. The Morgan fingerprint density at radius 3 is 2.26 bits per heavy atom. The smallest absolute Gasteiger partial charge is 0.268 e. The molecule has 0 saturated heterocycles. The number of hydrogen-bond acceptors (Lipinski definition) is 6. The van der Waals surface area contributed by atoms with Crippen molar-refractivity contribution in [2.45, 2.75) is 9.92 Å². The van der Waals surface area contributed by atoms with E-state index in [-0.39, 0.29) is 17.0 Å². The SMILES string of the molecule is O=C1c2ccccc2S(=O)(=O)N1CCSc1nnc(-c2ccccc2)c2ccccc12. The van der Waals surface area contributed by atoms with Crippen LogP contribution in [-0.2, 0) is 10.0 Å². The van der Waals surface area contributed by atoms with Crippen LogP contribution in [0.2, 0.25) is 0 Å². The van der Waals surface area contributed by atoms with Crippen molar-refractivity contribution in [1.29, 1.82) is 0 Å². The minimum atomic E-state index is -3.80. The van der Waals surface area contributed by atoms with E-state index in [4.69, 9.17) is 0 Å². The first kappa shape index (κ1) is 19.7. The quantitative estimate of drug-likeness (QED) is 0.426. The highest BCUT2D eigenvalue weighted by atomic mass is 32.2. The lowest BCUT2D eigenvalue weighted by Crippen LogP contribution is -2.32. The average Bonchev–Trinajstić information content (AvgIpc) is 3.00. The van der Waals surface area contributed by atoms with E-state index >= 15 is 0 Å². The number of thioether (sulfide) groups is 1. The molecule has 0 fully saturated rings. The van der Waals surface area contributed by atoms with Crippen molar-refractivity contribution in [1.82, 2.24) is 14.5 Å². The van der Waals surface area contributed by atoms with Gasteiger partial charge in [-0.25, -0.2) is 12.7 Å². The highest BCUT2D eigenvalue weighted by molar-refractivity contribution is 7.99. The van der Waals surface area contributed by atoms with E-state index in [1.54, 1.807) is 18.2 Å². The Hall–Kier alpha value is -3.23. The molecule has 1 aliphatic rings. The average molecular weight is 448 g/mol. The van der Waals surface area contributed by atoms with E-state index < -0.39 is 15.9 Å². The van der Waals surface area contributed by atoms with Gasteiger partial charge in [-0.1, -0.05) is 66.7 Å². The highest BCUT2D eigenvalue weighted by Crippen LogP contribution is 2.33. The third kappa shape index (κ3) is 3.37. The Kier molecular flexibility index (Phi) is 4.95. The fourth-order valence-corrected chi connectivity index (χ4v) is 6.26. The Bertz CT molecular complexity index is 1410. The van der Waals surface area contributed by atoms with Crippen LogP contribution in [0.5, 0.6) is 0 Å². The molecule has 1 aliphatic heterocycles. The Morgan fingerprint density at radius 2 is 1.48 bits per heavy atom. The van der Waals surface area contributed by atoms with Crippen molar-refractivity contribution in [3.8, 4) is 11.3 Å². The third-order valence-corrected chi connectivity index (χ3v) is 7.95. The molecule has 31 heavy (non-hydrogen) atoms. The molecule has 0 N–H and O–H groups in total. The maximum atomic E-state index is 12.7. The molecule has 0 spiro atoms. The lowest BCUT2D eigenvalue weighted by Gasteiger charge is -2.15. The zero-order chi connectivity index (χ0) is 21.4. The summed E-state index contributed by atoms with van der Waals surface area (Å²) < 4.78 is 26.4. The highest BCUT2D eigenvalue weighted by Gasteiger charge is 2.40. The van der Waals surface area contributed by atoms with E-state index in [1.807, 2.05) is 54.6 Å². The van der Waals surface area contributed by atoms with Crippen LogP contribution in [0.15, 0.2) is 88.8 Å². The maximum absolute atomic E-state index is 12.7. The predicted octanol–water partition coefficient (Wildman–Crippen LogP) is 4.23. The topological polar surface area (TPSA) is 80.2 Å². The number of fused-ring (bicyclic) bond motifs is 2. The lowest BCUT2D eigenvalue weighted by atomic mass is 10.1. The van der Waals surface area contributed by atoms with Gasteiger partial charge >= 0.3 is 0 Å². The molecule has 5 rings (SSSR count). The number of aromatic nitrogens is 2. The minimum Gasteiger partial charge on any atom is -0.268 e. The Morgan fingerprint density at radius 1 is 0.806 bits per heavy atom. The van der Waals surface area contributed by atoms with E-state index in [2.05, 4.69) is 10.2 Å². The molecular formula is C23H17N3O3S2. The van der Waals surface area contributed by atoms with E-state index in [0.717, 1.165) is 26.3 Å². The number of hydrogen-bond donors (Lipinski definition) is 0. The molecule has 0 saturated carbocycles. The molecule has 0 unspecified atom stereocenters. The molecular weight excluding hydrogens is 430 g/mol. The monoisotopic (exact) mass is 447 g/mol. The van der Waals surface area contributed by atoms with Gasteiger partial charge < -0.3 is 0 Å². The van der Waals surface area contributed by atoms with Crippen LogP contribution >= 0.6 is 11.8 Å². The standard InChI is InChI=1S/C23H17N3O3S2/c27-23-19-12-6-7-13-20(19)31(28,29)26(23)14-15-30-22-18-11-5-4-10-17(18)21(24-25-22)16-8-2-1-3-9-16/h1-13H,14-15H2. The van der Waals surface area contributed by atoms with E-state index in [0.29, 0.717) is 10.8 Å². The third-order valence-electron chi connectivity index (χ3n) is 5.15. The van der Waals surface area contributed by atoms with Gasteiger partial charge in [-0.05, 0) is 12.1 Å². The first-order valence-electron chi connectivity index (χ1n) is 9.67. The van der Waals surface area contributed by atoms with Crippen LogP contribution in [-0.4, -0.2) is 41.1 Å². The largest absolute Gasteiger partial charge is 0.269 e. The molecule has 0 bridgehead atoms. The van der Waals surface area contributed by atoms with Gasteiger partial charge in [-0.3, -0.25) is 4.79 Å². The summed E-state index contributed by atoms with van der Waals surface area (Å²) in [7, 11) is -3.80. The van der Waals surface area contributed by atoms with Crippen LogP contribution < -0.4 is 0 Å². The van der Waals surface area contributed by atoms with E-state index in [9.17, 15) is 13.2 Å². The van der Waals surface area contributed by atoms with Crippen LogP contribution in [0.25, 0.3) is 22.0 Å². The second-order valence-corrected chi connectivity index (χ2v) is 9.91. The molecule has 0 aliphatic carbocycles. The Balaban J connectivity index is 1.40. The Labute approximate surface area is 184 Å². The fraction of sp³-hybridized carbons (Fsp3) is 0.0870. The number of benzene rings is 3. The molecule has 0 atom stereocenters. The number of sulfonamides is 1. The van der Waals surface area contributed by atoms with E-state index in [1.165, 1.54) is 17.8 Å². The zero-order valence-electron chi connectivity index (χ0n) is 16.3. The number of rotatable bonds is 5. The van der Waals surface area contributed by atoms with Gasteiger partial charge in [0.2, 0.25) is 0 Å². The molecule has 1 aromatic heterocycles. The van der Waals surface area contributed by atoms with Gasteiger partial charge in [0.1, 0.15) is 15.6 Å². The number of amides is 1. The molecule has 8 heteroatoms. The van der Waals surface area contributed by atoms with Crippen molar-refractivity contribution in [3.05, 3.63) is 84.4 Å². The van der Waals surface area contributed by atoms with Crippen LogP contribution in [0.1, 0.15) is 10.4 Å². The fourth-order valence-electron chi connectivity index (χ4n) is 3.67. The second-order valence-electron chi connectivity index (χ2n) is 6.99. The predicted molar refractivity (Wildman–Crippen MR) is 120 cm³/mol. The zero-order valence-corrected chi connectivity index (χ0v) is 17.9. The second kappa shape index (κ2) is 7.79. The summed E-state index contributed by atoms with van der Waals surface area (Å²) in [6.45, 7) is 0.0664. The normalized spacial score (nSPS) is 14.7. The van der Waals surface area contributed by atoms with Gasteiger partial charge in [-0.15, -0.1) is 22.0 Å². The van der Waals surface area contributed by atoms with Crippen molar-refractivity contribution >= 4 is 38.5 Å². The van der Waals surface area contributed by atoms with Gasteiger partial charge in [0.25, 0.3) is 15.9 Å². The summed E-state index contributed by atoms with van der Waals surface area (Å²) in [5.74, 6) is -0.103. The number of carbonyl (C=O) groups excluding carboxylic acids is 1. The summed E-state index contributed by atoms with van der Waals surface area (Å²) >= 11 is 1.39. The van der Waals surface area contributed by atoms with Gasteiger partial charge in [0.15, 0.2) is 0 Å². The summed E-state index contributed by atoms with van der Waals surface area (Å²) in [6, 6.07) is 24.0. The van der Waals surface area contributed by atoms with Crippen molar-refractivity contribution < 1.29 is 13.2 Å². The summed E-state index contributed by atoms with van der Waals surface area (Å²) in [5, 5.41) is 11.5. The summed E-state index contributed by atoms with van der Waals surface area (Å²) in [4.78, 5) is 12.6. The molecule has 4 aromatic rings. The first-order valence-corrected chi connectivity index (χ1v) is 12.1. The molecule has 154 valence electrons. The summed E-state index contributed by atoms with van der Waals surface area (Å²) in [5.41, 5.74) is 2.01. The molecule has 3 aromatic carbocycles. The molecule has 2 heterocycles. The molecule has 1 amide bonds. The lowest BCUT2D eigenvalue weighted by molar-refractivity contribution is 0.0876. The van der Waals surface area contributed by atoms with Crippen LogP contribution in [0.3, 0.4) is 0 Å². The van der Waals surface area contributed by atoms with Gasteiger partial charge in [-0.2, -0.15) is 0 Å². The minimum absolute atomic E-state index is 0.0664. The van der Waals surface area contributed by atoms with Crippen molar-refractivity contribution in [3.63, 3.8) is 0 Å². The summed E-state index contributed by atoms with van der Waals surface area (Å²) in [6.07, 6.45) is 0. The number of nitrogens with zero attached hydrogens (tertiary/aromatic N) is 3. The maximum Gasteiger partial charge on any atom is 0.269 e. The van der Waals surface area contributed by atoms with Crippen molar-refractivity contribution in [2.75, 3.05) is 12.3 Å². The molecule has 6 nitrogen and oxygen atoms in total. The first-order chi connectivity index (χ1) is 15.1. The van der Waals surface area contributed by atoms with Crippen LogP contribution in [0, 0.1) is 0 Å².